The first-order chi connectivity index (χ1) is 2.00. The van der Waals surface area contributed by atoms with E-state index in [0.717, 1.165) is 0 Å². The van der Waals surface area contributed by atoms with E-state index in [1.54, 1.807) is 0 Å². The molecular weight excluding hydrogens is 143 g/mol. The maximum absolute atomic E-state index is 8.58. The zero-order chi connectivity index (χ0) is 4.50. The fourth-order valence-corrected chi connectivity index (χ4v) is 0. The van der Waals surface area contributed by atoms with Gasteiger partial charge in [-0.1, -0.05) is 0 Å². The first-order valence-corrected chi connectivity index (χ1v) is 2.54. The van der Waals surface area contributed by atoms with E-state index in [4.69, 9.17) is 15.7 Å². The molecule has 32 valence electrons. The van der Waals surface area contributed by atoms with Crippen LogP contribution in [0, 0.1) is 0 Å². The molecule has 0 aromatic carbocycles. The Bertz CT molecular complexity index is 129. The zero-order valence-corrected chi connectivity index (χ0v) is 5.31. The molecule has 0 amide bonds. The minimum atomic E-state index is -5.62. The molecule has 0 aliphatic heterocycles. The minimum absolute atomic E-state index is 0. The van der Waals surface area contributed by atoms with Crippen LogP contribution < -0.4 is 4.19 Å². The Kier molecular flexibility index (Phi) is 4.51. The van der Waals surface area contributed by atoms with Gasteiger partial charge in [0.05, 0.1) is 0 Å². The first kappa shape index (κ1) is 9.81. The number of rotatable bonds is 0. The van der Waals surface area contributed by atoms with Crippen LogP contribution in [0.25, 0.3) is 0 Å². The van der Waals surface area contributed by atoms with Crippen LogP contribution in [0.1, 0.15) is 0 Å². The Morgan fingerprint density at radius 2 is 1.17 bits per heavy atom. The van der Waals surface area contributed by atoms with Crippen LogP contribution in [-0.2, 0) is 24.5 Å². The second kappa shape index (κ2) is 2.76. The summed E-state index contributed by atoms with van der Waals surface area (Å²) in [6, 6.07) is 0. The third-order valence-corrected chi connectivity index (χ3v) is 0. The molecule has 6 heteroatoms. The summed E-state index contributed by atoms with van der Waals surface area (Å²) < 4.78 is 34.3. The molecule has 0 aromatic rings. The zero-order valence-electron chi connectivity index (χ0n) is 2.72. The quantitative estimate of drug-likeness (QED) is 0.370. The van der Waals surface area contributed by atoms with Crippen LogP contribution in [0.15, 0.2) is 0 Å². The average Bonchev–Trinajstić information content (AvgIpc) is 0.722. The van der Waals surface area contributed by atoms with Gasteiger partial charge in [-0.15, -0.1) is 0 Å². The molecule has 0 rings (SSSR count). The normalized spacial score (nSPS) is 9.50. The van der Waals surface area contributed by atoms with Crippen LogP contribution >= 0.6 is 0 Å². The van der Waals surface area contributed by atoms with Gasteiger partial charge in [-0.3, -0.25) is 0 Å². The molecule has 0 aliphatic rings. The molecule has 0 aliphatic carbocycles. The van der Waals surface area contributed by atoms with Crippen molar-refractivity contribution < 1.29 is 28.7 Å². The van der Waals surface area contributed by atoms with E-state index in [1.807, 2.05) is 0 Å². The van der Waals surface area contributed by atoms with Gasteiger partial charge >= 0.3 is 51.7 Å². The predicted octanol–water partition coefficient (Wildman–Crippen LogP) is -1.93. The molecule has 4 nitrogen and oxygen atoms in total. The second-order valence-electron chi connectivity index (χ2n) is 0.378. The summed E-state index contributed by atoms with van der Waals surface area (Å²) in [6.07, 6.45) is 0. The molecule has 0 radical (unpaired) electrons. The van der Waals surface area contributed by atoms with E-state index in [0.29, 0.717) is 0 Å². The van der Waals surface area contributed by atoms with Gasteiger partial charge in [0.15, 0.2) is 0 Å². The van der Waals surface area contributed by atoms with Gasteiger partial charge in [0, 0.05) is 0 Å². The van der Waals surface area contributed by atoms with Crippen molar-refractivity contribution >= 4 is 23.1 Å². The van der Waals surface area contributed by atoms with Gasteiger partial charge in [-0.25, -0.2) is 0 Å². The molecule has 0 saturated heterocycles. The average molecular weight is 143 g/mol. The van der Waals surface area contributed by atoms with E-state index in [-0.39, 0.29) is 23.1 Å². The van der Waals surface area contributed by atoms with Crippen molar-refractivity contribution in [2.75, 3.05) is 0 Å². The summed E-state index contributed by atoms with van der Waals surface area (Å²) in [7, 11) is 0. The number of hydrogen-bond acceptors (Lipinski definition) is 4. The van der Waals surface area contributed by atoms with Gasteiger partial charge in [-0.05, 0) is 0 Å². The van der Waals surface area contributed by atoms with Gasteiger partial charge in [0.25, 0.3) is 0 Å². The standard InChI is InChI=1S/Mg.Mn.4O/q+2;;;;;-1. The Hall–Kier alpha value is 0.646. The molecule has 0 saturated carbocycles. The number of hydrogen-bond donors (Lipinski definition) is 0. The van der Waals surface area contributed by atoms with Crippen molar-refractivity contribution in [3.05, 3.63) is 0 Å². The van der Waals surface area contributed by atoms with Crippen LogP contribution in [0.5, 0.6) is 0 Å². The Morgan fingerprint density at radius 3 is 1.17 bits per heavy atom. The van der Waals surface area contributed by atoms with Crippen molar-refractivity contribution in [1.29, 1.82) is 0 Å². The van der Waals surface area contributed by atoms with Crippen molar-refractivity contribution in [3.8, 4) is 0 Å². The SMILES string of the molecule is [Mg+2].[O]=[Mn](=[O])(=[O])[O-]. The van der Waals surface area contributed by atoms with Gasteiger partial charge in [0.2, 0.25) is 0 Å². The van der Waals surface area contributed by atoms with E-state index in [2.05, 4.69) is 0 Å². The van der Waals surface area contributed by atoms with Crippen molar-refractivity contribution in [2.45, 2.75) is 0 Å². The first-order valence-electron chi connectivity index (χ1n) is 0.617. The van der Waals surface area contributed by atoms with Gasteiger partial charge in [0.1, 0.15) is 0 Å². The molecular formula is MgMnO4+. The summed E-state index contributed by atoms with van der Waals surface area (Å²) in [4.78, 5) is 0. The molecule has 0 aromatic heterocycles. The topological polar surface area (TPSA) is 74.3 Å². The predicted molar refractivity (Wildman–Crippen MR) is 7.81 cm³/mol. The van der Waals surface area contributed by atoms with Crippen LogP contribution in [0.4, 0.5) is 0 Å². The van der Waals surface area contributed by atoms with E-state index < -0.39 is 13.0 Å². The summed E-state index contributed by atoms with van der Waals surface area (Å²) in [5, 5.41) is 0. The van der Waals surface area contributed by atoms with Crippen molar-refractivity contribution in [2.24, 2.45) is 0 Å². The van der Waals surface area contributed by atoms with E-state index in [9.17, 15) is 0 Å². The van der Waals surface area contributed by atoms with Crippen molar-refractivity contribution in [1.82, 2.24) is 0 Å². The van der Waals surface area contributed by atoms with Crippen molar-refractivity contribution in [3.63, 3.8) is 0 Å². The molecule has 0 spiro atoms. The third kappa shape index (κ3) is 148. The summed E-state index contributed by atoms with van der Waals surface area (Å²) in [5.74, 6) is 0. The van der Waals surface area contributed by atoms with Crippen LogP contribution in [0.2, 0.25) is 0 Å². The van der Waals surface area contributed by atoms with Crippen LogP contribution in [0.3, 0.4) is 0 Å². The van der Waals surface area contributed by atoms with Gasteiger partial charge in [-0.2, -0.15) is 0 Å². The fraction of sp³-hybridized carbons (Fsp3) is 0. The molecule has 0 heterocycles. The maximum atomic E-state index is 8.58. The molecule has 0 N–H and O–H groups in total. The van der Waals surface area contributed by atoms with E-state index >= 15 is 0 Å². The Labute approximate surface area is 51.8 Å². The third-order valence-electron chi connectivity index (χ3n) is 0. The summed E-state index contributed by atoms with van der Waals surface area (Å²) in [5.41, 5.74) is 0. The summed E-state index contributed by atoms with van der Waals surface area (Å²) >= 11 is -5.62. The molecule has 0 unspecified atom stereocenters. The molecule has 0 bridgehead atoms. The molecule has 6 heavy (non-hydrogen) atoms. The molecule has 0 fully saturated rings. The monoisotopic (exact) mass is 143 g/mol. The second-order valence-corrected chi connectivity index (χ2v) is 1.56. The molecule has 0 atom stereocenters. The summed E-state index contributed by atoms with van der Waals surface area (Å²) in [6.45, 7) is 0. The Morgan fingerprint density at radius 1 is 1.17 bits per heavy atom. The van der Waals surface area contributed by atoms with E-state index in [1.165, 1.54) is 0 Å². The van der Waals surface area contributed by atoms with Gasteiger partial charge < -0.3 is 0 Å². The fourth-order valence-electron chi connectivity index (χ4n) is 0. The van der Waals surface area contributed by atoms with Crippen LogP contribution in [-0.4, -0.2) is 23.1 Å². The Balaban J connectivity index is 0.